The van der Waals surface area contributed by atoms with Crippen LogP contribution in [0.25, 0.3) is 6.08 Å². The fraction of sp³-hybridized carbons (Fsp3) is 0.0625. The number of hydrogen-bond donors (Lipinski definition) is 1. The molecule has 0 aliphatic heterocycles. The first-order valence-electron chi connectivity index (χ1n) is 6.58. The van der Waals surface area contributed by atoms with Crippen molar-refractivity contribution in [3.63, 3.8) is 0 Å². The number of ether oxygens (including phenoxy) is 1. The molecule has 23 heavy (non-hydrogen) atoms. The fourth-order valence-electron chi connectivity index (χ4n) is 1.73. The van der Waals surface area contributed by atoms with Gasteiger partial charge in [0.05, 0.1) is 0 Å². The monoisotopic (exact) mass is 315 g/mol. The Bertz CT molecular complexity index is 724. The Labute approximate surface area is 131 Å². The van der Waals surface area contributed by atoms with Gasteiger partial charge in [0, 0.05) is 6.08 Å². The maximum absolute atomic E-state index is 11.7. The second-order valence-corrected chi connectivity index (χ2v) is 4.49. The highest BCUT2D eigenvalue weighted by Gasteiger charge is 2.03. The number of nitrogens with zero attached hydrogens (tertiary/aromatic N) is 1. The van der Waals surface area contributed by atoms with E-state index < -0.39 is 11.1 Å². The van der Waals surface area contributed by atoms with Crippen LogP contribution in [0.1, 0.15) is 11.1 Å². The molecule has 0 amide bonds. The molecule has 118 valence electrons. The van der Waals surface area contributed by atoms with E-state index in [1.54, 1.807) is 36.4 Å². The Morgan fingerprint density at radius 2 is 1.96 bits per heavy atom. The van der Waals surface area contributed by atoms with Gasteiger partial charge in [0.25, 0.3) is 5.09 Å². The molecule has 0 saturated carbocycles. The van der Waals surface area contributed by atoms with Crippen LogP contribution in [0.3, 0.4) is 0 Å². The molecule has 0 fully saturated rings. The molecule has 0 bridgehead atoms. The smallest absolute Gasteiger partial charge is 0.336 e. The van der Waals surface area contributed by atoms with Crippen LogP contribution in [0.4, 0.5) is 0 Å². The zero-order chi connectivity index (χ0) is 16.7. The second kappa shape index (κ2) is 7.60. The minimum absolute atomic E-state index is 0.137. The van der Waals surface area contributed by atoms with E-state index in [2.05, 4.69) is 4.84 Å². The van der Waals surface area contributed by atoms with Crippen LogP contribution >= 0.6 is 0 Å². The Balaban J connectivity index is 1.95. The number of phenols is 1. The van der Waals surface area contributed by atoms with Crippen molar-refractivity contribution in [3.05, 3.63) is 75.8 Å². The van der Waals surface area contributed by atoms with E-state index in [4.69, 9.17) is 9.84 Å². The van der Waals surface area contributed by atoms with Gasteiger partial charge in [-0.2, -0.15) is 0 Å². The van der Waals surface area contributed by atoms with E-state index in [1.807, 2.05) is 0 Å². The van der Waals surface area contributed by atoms with Crippen LogP contribution in [0.2, 0.25) is 0 Å². The van der Waals surface area contributed by atoms with E-state index in [0.29, 0.717) is 5.56 Å². The normalized spacial score (nSPS) is 10.4. The highest BCUT2D eigenvalue weighted by Crippen LogP contribution is 2.15. The third-order valence-electron chi connectivity index (χ3n) is 2.76. The summed E-state index contributed by atoms with van der Waals surface area (Å²) in [5.41, 5.74) is 1.24. The van der Waals surface area contributed by atoms with Crippen molar-refractivity contribution < 1.29 is 24.6 Å². The van der Waals surface area contributed by atoms with Crippen LogP contribution in [0.15, 0.2) is 54.6 Å². The summed E-state index contributed by atoms with van der Waals surface area (Å²) >= 11 is 0. The lowest BCUT2D eigenvalue weighted by molar-refractivity contribution is -0.763. The van der Waals surface area contributed by atoms with Crippen LogP contribution in [-0.4, -0.2) is 16.2 Å². The van der Waals surface area contributed by atoms with Crippen LogP contribution in [0.5, 0.6) is 11.5 Å². The average molecular weight is 315 g/mol. The summed E-state index contributed by atoms with van der Waals surface area (Å²) in [5.74, 6) is -0.196. The SMILES string of the molecule is O=C(/C=C/c1ccc(O)cc1)Oc1cccc(CO[N+](=O)[O-])c1. The third kappa shape index (κ3) is 5.50. The molecular weight excluding hydrogens is 302 g/mol. The number of phenolic OH excluding ortho intramolecular Hbond substituents is 1. The lowest BCUT2D eigenvalue weighted by Crippen LogP contribution is -2.05. The van der Waals surface area contributed by atoms with Crippen molar-refractivity contribution in [1.29, 1.82) is 0 Å². The van der Waals surface area contributed by atoms with Crippen molar-refractivity contribution in [2.75, 3.05) is 0 Å². The van der Waals surface area contributed by atoms with Crippen LogP contribution in [-0.2, 0) is 16.2 Å². The predicted octanol–water partition coefficient (Wildman–Crippen LogP) is 2.72. The Morgan fingerprint density at radius 1 is 1.22 bits per heavy atom. The lowest BCUT2D eigenvalue weighted by Gasteiger charge is -2.04. The largest absolute Gasteiger partial charge is 0.508 e. The Morgan fingerprint density at radius 3 is 2.65 bits per heavy atom. The highest BCUT2D eigenvalue weighted by atomic mass is 16.9. The Kier molecular flexibility index (Phi) is 5.30. The first-order chi connectivity index (χ1) is 11.0. The summed E-state index contributed by atoms with van der Waals surface area (Å²) in [7, 11) is 0. The number of rotatable bonds is 6. The first-order valence-corrected chi connectivity index (χ1v) is 6.58. The van der Waals surface area contributed by atoms with Crippen molar-refractivity contribution in [2.45, 2.75) is 6.61 Å². The van der Waals surface area contributed by atoms with E-state index in [0.717, 1.165) is 5.56 Å². The molecule has 0 unspecified atom stereocenters. The van der Waals surface area contributed by atoms with Crippen molar-refractivity contribution in [1.82, 2.24) is 0 Å². The van der Waals surface area contributed by atoms with Gasteiger partial charge in [-0.1, -0.05) is 24.3 Å². The van der Waals surface area contributed by atoms with Gasteiger partial charge in [0.2, 0.25) is 0 Å². The highest BCUT2D eigenvalue weighted by molar-refractivity contribution is 5.88. The number of benzene rings is 2. The maximum Gasteiger partial charge on any atom is 0.336 e. The molecule has 0 aliphatic carbocycles. The minimum Gasteiger partial charge on any atom is -0.508 e. The molecule has 7 heteroatoms. The molecule has 1 N–H and O–H groups in total. The quantitative estimate of drug-likeness (QED) is 0.289. The van der Waals surface area contributed by atoms with Gasteiger partial charge in [0.15, 0.2) is 0 Å². The molecule has 0 saturated heterocycles. The fourth-order valence-corrected chi connectivity index (χ4v) is 1.73. The molecule has 2 rings (SSSR count). The molecule has 0 heterocycles. The van der Waals surface area contributed by atoms with E-state index in [1.165, 1.54) is 24.3 Å². The summed E-state index contributed by atoms with van der Waals surface area (Å²) in [6.07, 6.45) is 2.79. The number of aromatic hydroxyl groups is 1. The second-order valence-electron chi connectivity index (χ2n) is 4.49. The summed E-state index contributed by atoms with van der Waals surface area (Å²) in [5, 5.41) is 18.4. The summed E-state index contributed by atoms with van der Waals surface area (Å²) in [6, 6.07) is 12.6. The third-order valence-corrected chi connectivity index (χ3v) is 2.76. The summed E-state index contributed by atoms with van der Waals surface area (Å²) < 4.78 is 5.11. The first kappa shape index (κ1) is 16.0. The van der Waals surface area contributed by atoms with Gasteiger partial charge >= 0.3 is 5.97 Å². The number of esters is 1. The summed E-state index contributed by atoms with van der Waals surface area (Å²) in [6.45, 7) is -0.220. The van der Waals surface area contributed by atoms with Crippen molar-refractivity contribution in [2.24, 2.45) is 0 Å². The van der Waals surface area contributed by atoms with E-state index in [-0.39, 0.29) is 18.1 Å². The van der Waals surface area contributed by atoms with Gasteiger partial charge in [0.1, 0.15) is 18.1 Å². The molecule has 7 nitrogen and oxygen atoms in total. The molecule has 2 aromatic rings. The van der Waals surface area contributed by atoms with Crippen molar-refractivity contribution >= 4 is 12.0 Å². The standard InChI is InChI=1S/C16H13NO6/c18-14-7-4-12(5-8-14)6-9-16(19)23-15-3-1-2-13(10-15)11-22-17(20)21/h1-10,18H,11H2/b9-6+. The number of hydrogen-bond acceptors (Lipinski definition) is 6. The van der Waals surface area contributed by atoms with Gasteiger partial charge < -0.3 is 14.7 Å². The zero-order valence-corrected chi connectivity index (χ0v) is 11.9. The molecule has 0 atom stereocenters. The zero-order valence-electron chi connectivity index (χ0n) is 11.9. The van der Waals surface area contributed by atoms with E-state index >= 15 is 0 Å². The molecular formula is C16H13NO6. The lowest BCUT2D eigenvalue weighted by atomic mass is 10.2. The van der Waals surface area contributed by atoms with Gasteiger partial charge in [-0.05, 0) is 41.5 Å². The summed E-state index contributed by atoms with van der Waals surface area (Å²) in [4.78, 5) is 26.1. The topological polar surface area (TPSA) is 98.9 Å². The average Bonchev–Trinajstić information content (AvgIpc) is 2.53. The molecule has 0 aromatic heterocycles. The van der Waals surface area contributed by atoms with Crippen LogP contribution in [0, 0.1) is 10.1 Å². The molecule has 0 aliphatic rings. The molecule has 0 radical (unpaired) electrons. The maximum atomic E-state index is 11.7. The predicted molar refractivity (Wildman–Crippen MR) is 81.0 cm³/mol. The van der Waals surface area contributed by atoms with Gasteiger partial charge in [-0.3, -0.25) is 0 Å². The Hall–Kier alpha value is -3.35. The number of carbonyl (C=O) groups is 1. The van der Waals surface area contributed by atoms with Gasteiger partial charge in [-0.25, -0.2) is 4.79 Å². The molecule has 0 spiro atoms. The molecule has 2 aromatic carbocycles. The van der Waals surface area contributed by atoms with Gasteiger partial charge in [-0.15, -0.1) is 10.1 Å². The van der Waals surface area contributed by atoms with Crippen LogP contribution < -0.4 is 4.74 Å². The number of carbonyl (C=O) groups excluding carboxylic acids is 1. The van der Waals surface area contributed by atoms with E-state index in [9.17, 15) is 14.9 Å². The van der Waals surface area contributed by atoms with Crippen molar-refractivity contribution in [3.8, 4) is 11.5 Å². The minimum atomic E-state index is -0.890.